The Morgan fingerprint density at radius 1 is 1.38 bits per heavy atom. The first kappa shape index (κ1) is 16.1. The normalized spacial score (nSPS) is 16.1. The van der Waals surface area contributed by atoms with Crippen molar-refractivity contribution < 1.29 is 9.53 Å². The molecule has 0 spiro atoms. The third-order valence-electron chi connectivity index (χ3n) is 3.40. The Kier molecular flexibility index (Phi) is 6.34. The fraction of sp³-hybridized carbons (Fsp3) is 0.769. The SMILES string of the molecule is COCCNCC(=O)N1CCCN(c2nc(C)ns2)CC1. The van der Waals surface area contributed by atoms with E-state index in [-0.39, 0.29) is 5.91 Å². The number of anilines is 1. The fourth-order valence-corrected chi connectivity index (χ4v) is 2.98. The molecule has 0 aliphatic carbocycles. The second-order valence-electron chi connectivity index (χ2n) is 5.02. The van der Waals surface area contributed by atoms with Crippen molar-refractivity contribution in [1.29, 1.82) is 0 Å². The summed E-state index contributed by atoms with van der Waals surface area (Å²) < 4.78 is 9.17. The summed E-state index contributed by atoms with van der Waals surface area (Å²) in [5, 5.41) is 4.06. The van der Waals surface area contributed by atoms with Crippen LogP contribution in [0.5, 0.6) is 0 Å². The van der Waals surface area contributed by atoms with Crippen LogP contribution in [0.2, 0.25) is 0 Å². The molecule has 8 heteroatoms. The van der Waals surface area contributed by atoms with Crippen LogP contribution in [0.4, 0.5) is 5.13 Å². The van der Waals surface area contributed by atoms with Gasteiger partial charge in [0.15, 0.2) is 0 Å². The predicted octanol–water partition coefficient (Wildman–Crippen LogP) is 0.121. The number of carbonyl (C=O) groups excluding carboxylic acids is 1. The van der Waals surface area contributed by atoms with Gasteiger partial charge in [0.25, 0.3) is 0 Å². The van der Waals surface area contributed by atoms with Crippen LogP contribution in [0.1, 0.15) is 12.2 Å². The number of methoxy groups -OCH3 is 1. The number of aromatic nitrogens is 2. The molecule has 1 amide bonds. The molecule has 2 rings (SSSR count). The maximum Gasteiger partial charge on any atom is 0.236 e. The van der Waals surface area contributed by atoms with Crippen molar-refractivity contribution in [2.75, 3.05) is 57.9 Å². The number of nitrogens with zero attached hydrogens (tertiary/aromatic N) is 4. The summed E-state index contributed by atoms with van der Waals surface area (Å²) in [7, 11) is 1.65. The van der Waals surface area contributed by atoms with Crippen molar-refractivity contribution in [3.05, 3.63) is 5.82 Å². The quantitative estimate of drug-likeness (QED) is 0.752. The van der Waals surface area contributed by atoms with Crippen LogP contribution in [0.3, 0.4) is 0 Å². The van der Waals surface area contributed by atoms with Gasteiger partial charge in [-0.1, -0.05) is 0 Å². The first-order valence-electron chi connectivity index (χ1n) is 7.23. The van der Waals surface area contributed by atoms with Crippen molar-refractivity contribution in [1.82, 2.24) is 19.6 Å². The van der Waals surface area contributed by atoms with Crippen molar-refractivity contribution in [2.45, 2.75) is 13.3 Å². The summed E-state index contributed by atoms with van der Waals surface area (Å²) in [6, 6.07) is 0. The Morgan fingerprint density at radius 3 is 2.95 bits per heavy atom. The minimum Gasteiger partial charge on any atom is -0.383 e. The van der Waals surface area contributed by atoms with Crippen LogP contribution in [0, 0.1) is 6.92 Å². The summed E-state index contributed by atoms with van der Waals surface area (Å²) in [5.41, 5.74) is 0. The lowest BCUT2D eigenvalue weighted by atomic mass is 10.3. The van der Waals surface area contributed by atoms with E-state index in [0.29, 0.717) is 19.7 Å². The number of aryl methyl sites for hydroxylation is 1. The van der Waals surface area contributed by atoms with E-state index in [2.05, 4.69) is 19.6 Å². The van der Waals surface area contributed by atoms with Crippen LogP contribution >= 0.6 is 11.5 Å². The molecule has 1 N–H and O–H groups in total. The standard InChI is InChI=1S/C13H23N5O2S/c1-11-15-13(21-16-11)18-6-3-5-17(7-8-18)12(19)10-14-4-9-20-2/h14H,3-10H2,1-2H3. The Hall–Kier alpha value is -1.25. The molecule has 1 aromatic heterocycles. The molecule has 0 saturated carbocycles. The highest BCUT2D eigenvalue weighted by Gasteiger charge is 2.20. The minimum absolute atomic E-state index is 0.154. The average Bonchev–Trinajstić information content (AvgIpc) is 2.76. The van der Waals surface area contributed by atoms with E-state index in [1.54, 1.807) is 7.11 Å². The molecule has 1 saturated heterocycles. The van der Waals surface area contributed by atoms with E-state index >= 15 is 0 Å². The molecule has 0 atom stereocenters. The van der Waals surface area contributed by atoms with Gasteiger partial charge >= 0.3 is 0 Å². The zero-order valence-corrected chi connectivity index (χ0v) is 13.5. The van der Waals surface area contributed by atoms with Crippen LogP contribution in [0.25, 0.3) is 0 Å². The molecule has 118 valence electrons. The second kappa shape index (κ2) is 8.26. The third-order valence-corrected chi connectivity index (χ3v) is 4.26. The molecule has 7 nitrogen and oxygen atoms in total. The molecule has 0 aromatic carbocycles. The van der Waals surface area contributed by atoms with Crippen LogP contribution < -0.4 is 10.2 Å². The number of ether oxygens (including phenoxy) is 1. The van der Waals surface area contributed by atoms with Crippen molar-refractivity contribution >= 4 is 22.6 Å². The van der Waals surface area contributed by atoms with Gasteiger partial charge in [-0.3, -0.25) is 4.79 Å². The first-order valence-corrected chi connectivity index (χ1v) is 8.00. The summed E-state index contributed by atoms with van der Waals surface area (Å²) in [6.45, 7) is 6.89. The number of nitrogens with one attached hydrogen (secondary N) is 1. The lowest BCUT2D eigenvalue weighted by Gasteiger charge is -2.21. The number of rotatable bonds is 6. The summed E-state index contributed by atoms with van der Waals surface area (Å²) in [6.07, 6.45) is 0.961. The number of amides is 1. The van der Waals surface area contributed by atoms with Crippen LogP contribution in [0.15, 0.2) is 0 Å². The number of hydrogen-bond acceptors (Lipinski definition) is 7. The van der Waals surface area contributed by atoms with E-state index in [1.807, 2.05) is 11.8 Å². The molecule has 21 heavy (non-hydrogen) atoms. The van der Waals surface area contributed by atoms with E-state index in [0.717, 1.165) is 43.6 Å². The molecule has 1 aliphatic rings. The lowest BCUT2D eigenvalue weighted by molar-refractivity contribution is -0.130. The Morgan fingerprint density at radius 2 is 2.24 bits per heavy atom. The van der Waals surface area contributed by atoms with Crippen molar-refractivity contribution in [3.63, 3.8) is 0 Å². The van der Waals surface area contributed by atoms with Crippen LogP contribution in [-0.4, -0.2) is 73.1 Å². The molecular weight excluding hydrogens is 290 g/mol. The lowest BCUT2D eigenvalue weighted by Crippen LogP contribution is -2.41. The molecule has 1 aliphatic heterocycles. The van der Waals surface area contributed by atoms with Crippen molar-refractivity contribution in [2.24, 2.45) is 0 Å². The Balaban J connectivity index is 1.79. The van der Waals surface area contributed by atoms with Gasteiger partial charge < -0.3 is 19.9 Å². The average molecular weight is 313 g/mol. The topological polar surface area (TPSA) is 70.6 Å². The maximum absolute atomic E-state index is 12.1. The van der Waals surface area contributed by atoms with E-state index in [4.69, 9.17) is 4.74 Å². The molecule has 0 unspecified atom stereocenters. The first-order chi connectivity index (χ1) is 10.2. The van der Waals surface area contributed by atoms with Gasteiger partial charge in [0.05, 0.1) is 13.2 Å². The third kappa shape index (κ3) is 4.90. The van der Waals surface area contributed by atoms with Gasteiger partial charge in [0.2, 0.25) is 11.0 Å². The zero-order chi connectivity index (χ0) is 15.1. The fourth-order valence-electron chi connectivity index (χ4n) is 2.25. The van der Waals surface area contributed by atoms with Gasteiger partial charge in [-0.15, -0.1) is 0 Å². The van der Waals surface area contributed by atoms with E-state index in [9.17, 15) is 4.79 Å². The predicted molar refractivity (Wildman–Crippen MR) is 82.8 cm³/mol. The second-order valence-corrected chi connectivity index (χ2v) is 5.75. The van der Waals surface area contributed by atoms with E-state index in [1.165, 1.54) is 11.5 Å². The maximum atomic E-state index is 12.1. The highest BCUT2D eigenvalue weighted by Crippen LogP contribution is 2.18. The highest BCUT2D eigenvalue weighted by atomic mass is 32.1. The summed E-state index contributed by atoms with van der Waals surface area (Å²) >= 11 is 1.43. The monoisotopic (exact) mass is 313 g/mol. The zero-order valence-electron chi connectivity index (χ0n) is 12.7. The smallest absolute Gasteiger partial charge is 0.236 e. The van der Waals surface area contributed by atoms with Crippen LogP contribution in [-0.2, 0) is 9.53 Å². The van der Waals surface area contributed by atoms with Gasteiger partial charge in [0.1, 0.15) is 5.82 Å². The Bertz CT molecular complexity index is 454. The molecule has 0 radical (unpaired) electrons. The van der Waals surface area contributed by atoms with Crippen molar-refractivity contribution in [3.8, 4) is 0 Å². The molecule has 1 aromatic rings. The van der Waals surface area contributed by atoms with E-state index < -0.39 is 0 Å². The largest absolute Gasteiger partial charge is 0.383 e. The highest BCUT2D eigenvalue weighted by molar-refractivity contribution is 7.09. The van der Waals surface area contributed by atoms with Gasteiger partial charge in [0, 0.05) is 51.4 Å². The minimum atomic E-state index is 0.154. The number of hydrogen-bond donors (Lipinski definition) is 1. The number of carbonyl (C=O) groups is 1. The molecular formula is C13H23N5O2S. The Labute approximate surface area is 129 Å². The van der Waals surface area contributed by atoms with Gasteiger partial charge in [-0.25, -0.2) is 4.98 Å². The van der Waals surface area contributed by atoms with Gasteiger partial charge in [-0.05, 0) is 13.3 Å². The molecule has 1 fully saturated rings. The molecule has 2 heterocycles. The summed E-state index contributed by atoms with van der Waals surface area (Å²) in [4.78, 5) is 20.7. The van der Waals surface area contributed by atoms with Gasteiger partial charge in [-0.2, -0.15) is 4.37 Å². The molecule has 0 bridgehead atoms. The summed E-state index contributed by atoms with van der Waals surface area (Å²) in [5.74, 6) is 0.968.